The van der Waals surface area contributed by atoms with Crippen molar-refractivity contribution in [3.8, 4) is 6.07 Å². The van der Waals surface area contributed by atoms with Crippen LogP contribution in [0, 0.1) is 34.7 Å². The standard InChI is InChI=1S/C28H30F3N/c1-2-3-4-5-18-6-8-19(9-7-18)23-15-25(29)27(26(30)16-23)21-12-13-24-20(14-21)10-11-22(17-32)28(24)31/h10-11,14-16,18-19H,2-9,12-13H2,1H3. The molecule has 168 valence electrons. The number of halogens is 3. The molecule has 0 heterocycles. The van der Waals surface area contributed by atoms with Crippen molar-refractivity contribution in [2.75, 3.05) is 0 Å². The molecule has 1 nitrogen and oxygen atoms in total. The van der Waals surface area contributed by atoms with Gasteiger partial charge in [-0.25, -0.2) is 13.2 Å². The molecule has 0 saturated heterocycles. The lowest BCUT2D eigenvalue weighted by molar-refractivity contribution is 0.302. The fourth-order valence-electron chi connectivity index (χ4n) is 5.43. The molecule has 32 heavy (non-hydrogen) atoms. The maximum atomic E-state index is 15.1. The van der Waals surface area contributed by atoms with E-state index in [1.165, 1.54) is 43.9 Å². The van der Waals surface area contributed by atoms with E-state index in [0.717, 1.165) is 37.2 Å². The Morgan fingerprint density at radius 1 is 0.969 bits per heavy atom. The van der Waals surface area contributed by atoms with Gasteiger partial charge in [-0.05, 0) is 90.8 Å². The van der Waals surface area contributed by atoms with Gasteiger partial charge in [0, 0.05) is 5.56 Å². The Balaban J connectivity index is 1.52. The number of hydrogen-bond donors (Lipinski definition) is 0. The molecule has 0 aliphatic heterocycles. The van der Waals surface area contributed by atoms with Crippen molar-refractivity contribution in [1.29, 1.82) is 5.26 Å². The number of hydrogen-bond acceptors (Lipinski definition) is 1. The molecule has 2 aromatic carbocycles. The van der Waals surface area contributed by atoms with Crippen LogP contribution in [-0.2, 0) is 6.42 Å². The predicted octanol–water partition coefficient (Wildman–Crippen LogP) is 8.32. The Bertz CT molecular complexity index is 1030. The van der Waals surface area contributed by atoms with Crippen LogP contribution >= 0.6 is 0 Å². The summed E-state index contributed by atoms with van der Waals surface area (Å²) in [7, 11) is 0. The van der Waals surface area contributed by atoms with Crippen LogP contribution in [0.2, 0.25) is 0 Å². The van der Waals surface area contributed by atoms with E-state index in [0.29, 0.717) is 29.5 Å². The number of nitrogens with zero attached hydrogens (tertiary/aromatic N) is 1. The summed E-state index contributed by atoms with van der Waals surface area (Å²) in [4.78, 5) is 0. The monoisotopic (exact) mass is 437 g/mol. The third-order valence-electron chi connectivity index (χ3n) is 7.29. The minimum absolute atomic E-state index is 0.00222. The van der Waals surface area contributed by atoms with Crippen molar-refractivity contribution in [3.05, 3.63) is 69.5 Å². The summed E-state index contributed by atoms with van der Waals surface area (Å²) in [6.07, 6.45) is 11.7. The van der Waals surface area contributed by atoms with Gasteiger partial charge in [0.05, 0.1) is 5.56 Å². The minimum atomic E-state index is -0.533. The van der Waals surface area contributed by atoms with Gasteiger partial charge in [0.2, 0.25) is 0 Å². The number of benzene rings is 2. The summed E-state index contributed by atoms with van der Waals surface area (Å²) in [6.45, 7) is 2.22. The quantitative estimate of drug-likeness (QED) is 0.417. The topological polar surface area (TPSA) is 23.8 Å². The van der Waals surface area contributed by atoms with Crippen molar-refractivity contribution in [1.82, 2.24) is 0 Å². The minimum Gasteiger partial charge on any atom is -0.206 e. The largest absolute Gasteiger partial charge is 0.206 e. The smallest absolute Gasteiger partial charge is 0.144 e. The highest BCUT2D eigenvalue weighted by atomic mass is 19.1. The van der Waals surface area contributed by atoms with E-state index >= 15 is 8.78 Å². The molecule has 1 fully saturated rings. The van der Waals surface area contributed by atoms with Gasteiger partial charge >= 0.3 is 0 Å². The Morgan fingerprint density at radius 2 is 1.69 bits per heavy atom. The van der Waals surface area contributed by atoms with Crippen molar-refractivity contribution in [2.45, 2.75) is 77.0 Å². The maximum absolute atomic E-state index is 15.1. The summed E-state index contributed by atoms with van der Waals surface area (Å²) < 4.78 is 44.6. The first-order valence-electron chi connectivity index (χ1n) is 11.9. The molecule has 0 spiro atoms. The first-order valence-corrected chi connectivity index (χ1v) is 11.9. The Labute approximate surface area is 189 Å². The molecular weight excluding hydrogens is 407 g/mol. The summed E-state index contributed by atoms with van der Waals surface area (Å²) in [5, 5.41) is 9.01. The van der Waals surface area contributed by atoms with E-state index in [2.05, 4.69) is 6.92 Å². The number of allylic oxidation sites excluding steroid dienone is 1. The van der Waals surface area contributed by atoms with E-state index in [-0.39, 0.29) is 17.0 Å². The lowest BCUT2D eigenvalue weighted by atomic mass is 9.76. The van der Waals surface area contributed by atoms with Gasteiger partial charge in [-0.1, -0.05) is 44.7 Å². The average Bonchev–Trinajstić information content (AvgIpc) is 2.79. The summed E-state index contributed by atoms with van der Waals surface area (Å²) in [6, 6.07) is 7.93. The van der Waals surface area contributed by atoms with Crippen LogP contribution in [0.5, 0.6) is 0 Å². The lowest BCUT2D eigenvalue weighted by Crippen LogP contribution is -2.14. The highest BCUT2D eigenvalue weighted by Gasteiger charge is 2.26. The predicted molar refractivity (Wildman–Crippen MR) is 123 cm³/mol. The molecule has 1 saturated carbocycles. The van der Waals surface area contributed by atoms with Crippen molar-refractivity contribution in [2.24, 2.45) is 5.92 Å². The lowest BCUT2D eigenvalue weighted by Gasteiger charge is -2.29. The van der Waals surface area contributed by atoms with Crippen molar-refractivity contribution < 1.29 is 13.2 Å². The van der Waals surface area contributed by atoms with Gasteiger partial charge in [0.1, 0.15) is 23.5 Å². The molecule has 0 aromatic heterocycles. The Hall–Kier alpha value is -2.54. The summed E-state index contributed by atoms with van der Waals surface area (Å²) in [5.41, 5.74) is 2.34. The number of unbranched alkanes of at least 4 members (excludes halogenated alkanes) is 2. The second-order valence-corrected chi connectivity index (χ2v) is 9.35. The van der Waals surface area contributed by atoms with Gasteiger partial charge in [-0.2, -0.15) is 5.26 Å². The van der Waals surface area contributed by atoms with Crippen LogP contribution in [-0.4, -0.2) is 0 Å². The van der Waals surface area contributed by atoms with Gasteiger partial charge in [0.15, 0.2) is 0 Å². The van der Waals surface area contributed by atoms with Crippen LogP contribution in [0.25, 0.3) is 11.6 Å². The van der Waals surface area contributed by atoms with Crippen LogP contribution in [0.1, 0.15) is 98.4 Å². The van der Waals surface area contributed by atoms with Crippen molar-refractivity contribution >= 4 is 11.6 Å². The first kappa shape index (κ1) is 22.6. The second-order valence-electron chi connectivity index (χ2n) is 9.35. The van der Waals surface area contributed by atoms with Crippen LogP contribution in [0.3, 0.4) is 0 Å². The molecule has 0 radical (unpaired) electrons. The second kappa shape index (κ2) is 9.94. The first-order chi connectivity index (χ1) is 15.5. The molecule has 2 aromatic rings. The van der Waals surface area contributed by atoms with E-state index in [1.807, 2.05) is 6.07 Å². The van der Waals surface area contributed by atoms with E-state index in [1.54, 1.807) is 12.1 Å². The SMILES string of the molecule is CCCCCC1CCC(c2cc(F)c(C3=Cc4ccc(C#N)c(F)c4CC3)c(F)c2)CC1. The summed E-state index contributed by atoms with van der Waals surface area (Å²) >= 11 is 0. The molecule has 2 aliphatic rings. The molecule has 0 unspecified atom stereocenters. The molecule has 4 heteroatoms. The fraction of sp³-hybridized carbons (Fsp3) is 0.464. The zero-order chi connectivity index (χ0) is 22.7. The zero-order valence-corrected chi connectivity index (χ0v) is 18.7. The highest BCUT2D eigenvalue weighted by molar-refractivity contribution is 5.85. The number of fused-ring (bicyclic) bond motifs is 1. The van der Waals surface area contributed by atoms with Gasteiger partial charge in [-0.15, -0.1) is 0 Å². The Morgan fingerprint density at radius 3 is 2.34 bits per heavy atom. The summed E-state index contributed by atoms with van der Waals surface area (Å²) in [5.74, 6) is -0.624. The fourth-order valence-corrected chi connectivity index (χ4v) is 5.43. The maximum Gasteiger partial charge on any atom is 0.144 e. The zero-order valence-electron chi connectivity index (χ0n) is 18.7. The third-order valence-corrected chi connectivity index (χ3v) is 7.29. The molecule has 4 rings (SSSR count). The average molecular weight is 438 g/mol. The highest BCUT2D eigenvalue weighted by Crippen LogP contribution is 2.40. The third kappa shape index (κ3) is 4.63. The van der Waals surface area contributed by atoms with E-state index in [9.17, 15) is 4.39 Å². The van der Waals surface area contributed by atoms with Crippen molar-refractivity contribution in [3.63, 3.8) is 0 Å². The van der Waals surface area contributed by atoms with Gasteiger partial charge in [0.25, 0.3) is 0 Å². The van der Waals surface area contributed by atoms with Crippen LogP contribution < -0.4 is 0 Å². The number of nitriles is 1. The molecule has 0 bridgehead atoms. The molecular formula is C28H30F3N. The van der Waals surface area contributed by atoms with Crippen LogP contribution in [0.15, 0.2) is 24.3 Å². The normalized spacial score (nSPS) is 20.4. The van der Waals surface area contributed by atoms with Gasteiger partial charge in [-0.3, -0.25) is 0 Å². The van der Waals surface area contributed by atoms with E-state index in [4.69, 9.17) is 5.26 Å². The van der Waals surface area contributed by atoms with E-state index < -0.39 is 17.5 Å². The Kier molecular flexibility index (Phi) is 7.04. The molecule has 2 aliphatic carbocycles. The molecule has 0 atom stereocenters. The van der Waals surface area contributed by atoms with Crippen LogP contribution in [0.4, 0.5) is 13.2 Å². The van der Waals surface area contributed by atoms with Gasteiger partial charge < -0.3 is 0 Å². The number of rotatable bonds is 6. The molecule has 0 N–H and O–H groups in total. The molecule has 0 amide bonds.